The van der Waals surface area contributed by atoms with Crippen LogP contribution < -0.4 is 4.90 Å². The normalized spacial score (nSPS) is 21.2. The summed E-state index contributed by atoms with van der Waals surface area (Å²) < 4.78 is 14.5. The quantitative estimate of drug-likeness (QED) is 0.808. The van der Waals surface area contributed by atoms with Gasteiger partial charge < -0.3 is 0 Å². The summed E-state index contributed by atoms with van der Waals surface area (Å²) in [6.45, 7) is 2.46. The summed E-state index contributed by atoms with van der Waals surface area (Å²) >= 11 is 0. The van der Waals surface area contributed by atoms with Crippen LogP contribution in [0.25, 0.3) is 10.9 Å². The van der Waals surface area contributed by atoms with E-state index in [9.17, 15) is 18.8 Å². The number of benzene rings is 1. The fourth-order valence-corrected chi connectivity index (χ4v) is 3.83. The average Bonchev–Trinajstić information content (AvgIpc) is 2.44. The van der Waals surface area contributed by atoms with Crippen LogP contribution in [0.1, 0.15) is 48.7 Å². The number of carbonyl (C=O) groups excluding carboxylic acids is 3. The third kappa shape index (κ3) is 1.85. The van der Waals surface area contributed by atoms with Crippen LogP contribution >= 0.6 is 0 Å². The molecule has 5 nitrogen and oxygen atoms in total. The van der Waals surface area contributed by atoms with Crippen LogP contribution in [0.4, 0.5) is 10.1 Å². The number of nitrogens with zero attached hydrogens (tertiary/aromatic N) is 2. The molecule has 122 valence electrons. The van der Waals surface area contributed by atoms with Gasteiger partial charge in [-0.25, -0.2) is 9.29 Å². The standard InChI is InChI=1S/C18H15FN2O3/c1-8(22)21(9(2)23)17-14-12(19)4-3-5-13(14)20-16-10-6-11(7-10)18(24)15(16)17/h3-5,10-11H,6-7H2,1-2H3. The van der Waals surface area contributed by atoms with E-state index >= 15 is 0 Å². The highest BCUT2D eigenvalue weighted by molar-refractivity contribution is 6.23. The minimum Gasteiger partial charge on any atom is -0.294 e. The minimum atomic E-state index is -0.600. The van der Waals surface area contributed by atoms with E-state index in [2.05, 4.69) is 4.98 Å². The third-order valence-corrected chi connectivity index (χ3v) is 4.96. The van der Waals surface area contributed by atoms with Crippen molar-refractivity contribution in [2.45, 2.75) is 32.6 Å². The van der Waals surface area contributed by atoms with Crippen molar-refractivity contribution < 1.29 is 18.8 Å². The zero-order chi connectivity index (χ0) is 17.2. The minimum absolute atomic E-state index is 0.0521. The molecule has 0 N–H and O–H groups in total. The fourth-order valence-electron chi connectivity index (χ4n) is 3.83. The summed E-state index contributed by atoms with van der Waals surface area (Å²) in [6.07, 6.45) is 1.47. The number of carbonyl (C=O) groups is 3. The molecule has 0 saturated heterocycles. The molecule has 1 heterocycles. The maximum atomic E-state index is 14.5. The molecular formula is C18H15FN2O3. The first-order valence-electron chi connectivity index (χ1n) is 7.87. The van der Waals surface area contributed by atoms with E-state index in [1.54, 1.807) is 6.07 Å². The van der Waals surface area contributed by atoms with Gasteiger partial charge in [0.25, 0.3) is 0 Å². The van der Waals surface area contributed by atoms with Gasteiger partial charge in [-0.1, -0.05) is 6.07 Å². The number of imide groups is 1. The molecule has 2 aromatic rings. The molecular weight excluding hydrogens is 311 g/mol. The Kier molecular flexibility index (Phi) is 3.07. The number of Topliss-reactive ketones (excluding diaryl/α,β-unsaturated/α-hetero) is 1. The zero-order valence-electron chi connectivity index (χ0n) is 13.3. The van der Waals surface area contributed by atoms with Crippen molar-refractivity contribution in [2.24, 2.45) is 5.92 Å². The van der Waals surface area contributed by atoms with Gasteiger partial charge in [0.05, 0.1) is 27.8 Å². The summed E-state index contributed by atoms with van der Waals surface area (Å²) in [7, 11) is 0. The molecule has 5 rings (SSSR count). The van der Waals surface area contributed by atoms with Crippen molar-refractivity contribution in [3.8, 4) is 0 Å². The van der Waals surface area contributed by atoms with Gasteiger partial charge in [-0.3, -0.25) is 19.4 Å². The van der Waals surface area contributed by atoms with E-state index in [1.165, 1.54) is 26.0 Å². The smallest absolute Gasteiger partial charge is 0.230 e. The molecule has 6 heteroatoms. The number of aromatic nitrogens is 1. The molecule has 3 aliphatic rings. The Hall–Kier alpha value is -2.63. The molecule has 24 heavy (non-hydrogen) atoms. The SMILES string of the molecule is CC(=O)N(C(C)=O)c1c2c(nc3cccc(F)c13)C1CC(C1)C2=O. The maximum absolute atomic E-state index is 14.5. The molecule has 0 aliphatic heterocycles. The Balaban J connectivity index is 2.16. The number of amides is 2. The summed E-state index contributed by atoms with van der Waals surface area (Å²) in [5, 5.41) is 0.0521. The van der Waals surface area contributed by atoms with Crippen LogP contribution in [-0.4, -0.2) is 22.6 Å². The Bertz CT molecular complexity index is 917. The van der Waals surface area contributed by atoms with Crippen LogP contribution in [0, 0.1) is 11.7 Å². The molecule has 2 amide bonds. The van der Waals surface area contributed by atoms with E-state index in [-0.39, 0.29) is 34.3 Å². The van der Waals surface area contributed by atoms with Crippen LogP contribution in [0.5, 0.6) is 0 Å². The van der Waals surface area contributed by atoms with Crippen molar-refractivity contribution in [1.82, 2.24) is 4.98 Å². The highest BCUT2D eigenvalue weighted by Crippen LogP contribution is 2.52. The molecule has 1 fully saturated rings. The lowest BCUT2D eigenvalue weighted by Crippen LogP contribution is -2.41. The number of fused-ring (bicyclic) bond motifs is 1. The average molecular weight is 326 g/mol. The first-order valence-corrected chi connectivity index (χ1v) is 7.87. The summed E-state index contributed by atoms with van der Waals surface area (Å²) in [4.78, 5) is 42.3. The molecule has 0 spiro atoms. The second-order valence-electron chi connectivity index (χ2n) is 6.46. The highest BCUT2D eigenvalue weighted by Gasteiger charge is 2.47. The summed E-state index contributed by atoms with van der Waals surface area (Å²) in [5.41, 5.74) is 1.25. The number of pyridine rings is 1. The Morgan fingerprint density at radius 1 is 1.17 bits per heavy atom. The molecule has 1 saturated carbocycles. The van der Waals surface area contributed by atoms with Gasteiger partial charge in [-0.15, -0.1) is 0 Å². The monoisotopic (exact) mass is 326 g/mol. The van der Waals surface area contributed by atoms with E-state index < -0.39 is 17.6 Å². The van der Waals surface area contributed by atoms with Crippen LogP contribution in [0.15, 0.2) is 18.2 Å². The molecule has 0 radical (unpaired) electrons. The van der Waals surface area contributed by atoms with Crippen LogP contribution in [0.3, 0.4) is 0 Å². The molecule has 3 aliphatic carbocycles. The highest BCUT2D eigenvalue weighted by atomic mass is 19.1. The maximum Gasteiger partial charge on any atom is 0.230 e. The van der Waals surface area contributed by atoms with E-state index in [0.717, 1.165) is 17.7 Å². The zero-order valence-corrected chi connectivity index (χ0v) is 13.3. The van der Waals surface area contributed by atoms with Gasteiger partial charge in [-0.2, -0.15) is 0 Å². The number of hydrogen-bond donors (Lipinski definition) is 0. The first kappa shape index (κ1) is 14.9. The van der Waals surface area contributed by atoms with Crippen LogP contribution in [-0.2, 0) is 9.59 Å². The van der Waals surface area contributed by atoms with Crippen molar-refractivity contribution in [1.29, 1.82) is 0 Å². The van der Waals surface area contributed by atoms with Crippen molar-refractivity contribution in [3.63, 3.8) is 0 Å². The largest absolute Gasteiger partial charge is 0.294 e. The van der Waals surface area contributed by atoms with Gasteiger partial charge in [-0.05, 0) is 25.0 Å². The Morgan fingerprint density at radius 3 is 2.46 bits per heavy atom. The molecule has 0 unspecified atom stereocenters. The van der Waals surface area contributed by atoms with Gasteiger partial charge in [0.2, 0.25) is 11.8 Å². The lowest BCUT2D eigenvalue weighted by Gasteiger charge is -2.41. The fraction of sp³-hybridized carbons (Fsp3) is 0.333. The Labute approximate surface area is 137 Å². The van der Waals surface area contributed by atoms with Gasteiger partial charge in [0.1, 0.15) is 5.82 Å². The second-order valence-corrected chi connectivity index (χ2v) is 6.46. The first-order chi connectivity index (χ1) is 11.4. The number of ketones is 1. The van der Waals surface area contributed by atoms with Gasteiger partial charge >= 0.3 is 0 Å². The second kappa shape index (κ2) is 4.93. The number of rotatable bonds is 1. The molecule has 1 aromatic heterocycles. The van der Waals surface area contributed by atoms with E-state index in [1.807, 2.05) is 0 Å². The number of anilines is 1. The van der Waals surface area contributed by atoms with Gasteiger partial charge in [0, 0.05) is 25.7 Å². The van der Waals surface area contributed by atoms with Crippen LogP contribution in [0.2, 0.25) is 0 Å². The third-order valence-electron chi connectivity index (χ3n) is 4.96. The molecule has 1 aromatic carbocycles. The molecule has 2 bridgehead atoms. The summed E-state index contributed by atoms with van der Waals surface area (Å²) in [6, 6.07) is 4.41. The molecule has 0 atom stereocenters. The number of halogens is 1. The summed E-state index contributed by atoms with van der Waals surface area (Å²) in [5.74, 6) is -1.83. The van der Waals surface area contributed by atoms with Crippen molar-refractivity contribution in [2.75, 3.05) is 4.90 Å². The lowest BCUT2D eigenvalue weighted by molar-refractivity contribution is -0.124. The van der Waals surface area contributed by atoms with Gasteiger partial charge in [0.15, 0.2) is 5.78 Å². The lowest BCUT2D eigenvalue weighted by atomic mass is 9.63. The Morgan fingerprint density at radius 2 is 1.83 bits per heavy atom. The van der Waals surface area contributed by atoms with Crippen molar-refractivity contribution >= 4 is 34.2 Å². The topological polar surface area (TPSA) is 67.3 Å². The predicted octanol–water partition coefficient (Wildman–Crippen LogP) is 2.96. The predicted molar refractivity (Wildman–Crippen MR) is 85.3 cm³/mol. The van der Waals surface area contributed by atoms with Crippen molar-refractivity contribution in [3.05, 3.63) is 35.3 Å². The van der Waals surface area contributed by atoms with E-state index in [4.69, 9.17) is 0 Å². The number of hydrogen-bond acceptors (Lipinski definition) is 4. The van der Waals surface area contributed by atoms with E-state index in [0.29, 0.717) is 11.2 Å².